The fourth-order valence-corrected chi connectivity index (χ4v) is 2.23. The van der Waals surface area contributed by atoms with Gasteiger partial charge >= 0.3 is 5.97 Å². The predicted molar refractivity (Wildman–Crippen MR) is 97.2 cm³/mol. The first-order valence-corrected chi connectivity index (χ1v) is 8.11. The molecule has 0 aromatic heterocycles. The molecule has 0 spiro atoms. The van der Waals surface area contributed by atoms with Gasteiger partial charge in [-0.05, 0) is 30.9 Å². The van der Waals surface area contributed by atoms with Crippen LogP contribution < -0.4 is 5.73 Å². The molecule has 0 bridgehead atoms. The highest BCUT2D eigenvalue weighted by Crippen LogP contribution is 2.15. The molecule has 0 aliphatic carbocycles. The molecule has 0 saturated carbocycles. The molecule has 5 heteroatoms. The van der Waals surface area contributed by atoms with Crippen molar-refractivity contribution >= 4 is 11.8 Å². The maximum absolute atomic E-state index is 11.8. The first kappa shape index (κ1) is 20.5. The van der Waals surface area contributed by atoms with Crippen LogP contribution in [-0.2, 0) is 22.4 Å². The van der Waals surface area contributed by atoms with Gasteiger partial charge in [-0.15, -0.1) is 0 Å². The lowest BCUT2D eigenvalue weighted by molar-refractivity contribution is -0.139. The Kier molecular flexibility index (Phi) is 9.14. The predicted octanol–water partition coefficient (Wildman–Crippen LogP) is 2.07. The maximum atomic E-state index is 11.8. The van der Waals surface area contributed by atoms with Gasteiger partial charge < -0.3 is 15.9 Å². The first-order chi connectivity index (χ1) is 11.9. The smallest absolute Gasteiger partial charge is 0.322 e. The van der Waals surface area contributed by atoms with E-state index in [2.05, 4.69) is 24.3 Å². The fourth-order valence-electron chi connectivity index (χ4n) is 2.23. The van der Waals surface area contributed by atoms with Gasteiger partial charge in [-0.1, -0.05) is 60.7 Å². The van der Waals surface area contributed by atoms with Crippen molar-refractivity contribution in [2.45, 2.75) is 25.8 Å². The van der Waals surface area contributed by atoms with Crippen LogP contribution in [0.15, 0.2) is 60.7 Å². The summed E-state index contributed by atoms with van der Waals surface area (Å²) in [5.41, 5.74) is 7.23. The topological polar surface area (TPSA) is 101 Å². The number of aliphatic hydroxyl groups is 1. The summed E-state index contributed by atoms with van der Waals surface area (Å²) in [5, 5.41) is 15.9. The average molecular weight is 343 g/mol. The number of carbonyl (C=O) groups excluding carboxylic acids is 1. The third-order valence-corrected chi connectivity index (χ3v) is 3.74. The van der Waals surface area contributed by atoms with Gasteiger partial charge in [0, 0.05) is 5.92 Å². The Morgan fingerprint density at radius 3 is 1.56 bits per heavy atom. The Hall–Kier alpha value is -2.50. The Morgan fingerprint density at radius 2 is 1.32 bits per heavy atom. The van der Waals surface area contributed by atoms with Gasteiger partial charge in [0.05, 0.1) is 6.61 Å². The van der Waals surface area contributed by atoms with E-state index in [0.29, 0.717) is 0 Å². The number of ketones is 1. The number of hydrogen-bond acceptors (Lipinski definition) is 4. The molecular weight excluding hydrogens is 318 g/mol. The molecule has 0 unspecified atom stereocenters. The molecule has 0 aliphatic rings. The second-order valence-electron chi connectivity index (χ2n) is 5.81. The molecule has 0 fully saturated rings. The summed E-state index contributed by atoms with van der Waals surface area (Å²) >= 11 is 0. The van der Waals surface area contributed by atoms with Gasteiger partial charge in [-0.2, -0.15) is 0 Å². The normalized spacial score (nSPS) is 11.4. The Labute approximate surface area is 148 Å². The number of benzene rings is 2. The molecule has 4 N–H and O–H groups in total. The number of carbonyl (C=O) groups is 2. The summed E-state index contributed by atoms with van der Waals surface area (Å²) in [5.74, 6) is -0.833. The Bertz CT molecular complexity index is 602. The van der Waals surface area contributed by atoms with Crippen LogP contribution in [0.25, 0.3) is 0 Å². The van der Waals surface area contributed by atoms with E-state index in [-0.39, 0.29) is 11.7 Å². The van der Waals surface area contributed by atoms with Crippen molar-refractivity contribution in [3.05, 3.63) is 71.8 Å². The minimum Gasteiger partial charge on any atom is -0.480 e. The molecule has 0 heterocycles. The van der Waals surface area contributed by atoms with E-state index in [9.17, 15) is 9.59 Å². The highest BCUT2D eigenvalue weighted by molar-refractivity contribution is 5.79. The Morgan fingerprint density at radius 1 is 0.920 bits per heavy atom. The zero-order valence-corrected chi connectivity index (χ0v) is 14.3. The summed E-state index contributed by atoms with van der Waals surface area (Å²) in [6.07, 6.45) is 1.65. The van der Waals surface area contributed by atoms with E-state index in [1.54, 1.807) is 6.92 Å². The van der Waals surface area contributed by atoms with Crippen molar-refractivity contribution in [3.63, 3.8) is 0 Å². The number of aliphatic carboxylic acids is 1. The molecule has 0 saturated heterocycles. The number of Topliss-reactive ketones (excluding diaryl/α,β-unsaturated/α-hetero) is 1. The van der Waals surface area contributed by atoms with E-state index >= 15 is 0 Å². The van der Waals surface area contributed by atoms with Gasteiger partial charge in [0.1, 0.15) is 11.8 Å². The van der Waals surface area contributed by atoms with Crippen LogP contribution >= 0.6 is 0 Å². The van der Waals surface area contributed by atoms with Gasteiger partial charge in [0.15, 0.2) is 0 Å². The Balaban J connectivity index is 0.000000381. The van der Waals surface area contributed by atoms with Crippen LogP contribution in [0, 0.1) is 5.92 Å². The zero-order valence-electron chi connectivity index (χ0n) is 14.3. The van der Waals surface area contributed by atoms with E-state index in [4.69, 9.17) is 15.9 Å². The van der Waals surface area contributed by atoms with E-state index in [1.807, 2.05) is 36.4 Å². The first-order valence-electron chi connectivity index (χ1n) is 8.11. The van der Waals surface area contributed by atoms with Crippen molar-refractivity contribution in [2.75, 3.05) is 6.61 Å². The lowest BCUT2D eigenvalue weighted by atomic mass is 9.90. The van der Waals surface area contributed by atoms with Crippen molar-refractivity contribution in [3.8, 4) is 0 Å². The molecule has 1 atom stereocenters. The highest BCUT2D eigenvalue weighted by Gasteiger charge is 2.15. The van der Waals surface area contributed by atoms with Crippen LogP contribution in [0.5, 0.6) is 0 Å². The summed E-state index contributed by atoms with van der Waals surface area (Å²) in [6.45, 7) is 1.19. The molecule has 134 valence electrons. The molecule has 5 nitrogen and oxygen atoms in total. The number of rotatable bonds is 7. The standard InChI is InChI=1S/C17H18O.C3H7NO3/c1-14(18)17(12-15-8-4-2-5-9-15)13-16-10-6-3-7-11-16;4-2(1-5)3(6)7/h2-11,17H,12-13H2,1H3;2,5H,1,4H2,(H,6,7)/t;2-/m.0/s1. The maximum Gasteiger partial charge on any atom is 0.322 e. The third-order valence-electron chi connectivity index (χ3n) is 3.74. The molecule has 0 amide bonds. The molecule has 0 radical (unpaired) electrons. The second kappa shape index (κ2) is 11.1. The molecule has 2 aromatic carbocycles. The molecule has 0 aliphatic heterocycles. The molecule has 25 heavy (non-hydrogen) atoms. The van der Waals surface area contributed by atoms with Crippen LogP contribution in [0.1, 0.15) is 18.1 Å². The minimum atomic E-state index is -1.18. The quantitative estimate of drug-likeness (QED) is 0.714. The number of nitrogens with two attached hydrogens (primary N) is 1. The van der Waals surface area contributed by atoms with Crippen molar-refractivity contribution in [1.82, 2.24) is 0 Å². The van der Waals surface area contributed by atoms with Crippen LogP contribution in [-0.4, -0.2) is 34.6 Å². The molecule has 2 rings (SSSR count). The van der Waals surface area contributed by atoms with Gasteiger partial charge in [-0.25, -0.2) is 0 Å². The van der Waals surface area contributed by atoms with Gasteiger partial charge in [0.25, 0.3) is 0 Å². The lowest BCUT2D eigenvalue weighted by Gasteiger charge is -2.14. The highest BCUT2D eigenvalue weighted by atomic mass is 16.4. The fraction of sp³-hybridized carbons (Fsp3) is 0.300. The molecular formula is C20H25NO4. The monoisotopic (exact) mass is 343 g/mol. The number of aliphatic hydroxyl groups excluding tert-OH is 1. The summed E-state index contributed by atoms with van der Waals surface area (Å²) in [6, 6.07) is 19.3. The van der Waals surface area contributed by atoms with Crippen molar-refractivity contribution in [1.29, 1.82) is 0 Å². The average Bonchev–Trinajstić information content (AvgIpc) is 2.62. The lowest BCUT2D eigenvalue weighted by Crippen LogP contribution is -2.33. The summed E-state index contributed by atoms with van der Waals surface area (Å²) in [7, 11) is 0. The second-order valence-corrected chi connectivity index (χ2v) is 5.81. The zero-order chi connectivity index (χ0) is 18.7. The number of carboxylic acids is 1. The van der Waals surface area contributed by atoms with Gasteiger partial charge in [0.2, 0.25) is 0 Å². The third kappa shape index (κ3) is 8.24. The van der Waals surface area contributed by atoms with Gasteiger partial charge in [-0.3, -0.25) is 9.59 Å². The van der Waals surface area contributed by atoms with Crippen LogP contribution in [0.2, 0.25) is 0 Å². The van der Waals surface area contributed by atoms with E-state index in [1.165, 1.54) is 11.1 Å². The van der Waals surface area contributed by atoms with E-state index in [0.717, 1.165) is 12.8 Å². The van der Waals surface area contributed by atoms with E-state index < -0.39 is 18.6 Å². The number of hydrogen-bond donors (Lipinski definition) is 3. The van der Waals surface area contributed by atoms with Crippen molar-refractivity contribution < 1.29 is 19.8 Å². The minimum absolute atomic E-state index is 0.0785. The number of carboxylic acid groups (broad SMARTS) is 1. The summed E-state index contributed by atoms with van der Waals surface area (Å²) < 4.78 is 0. The SMILES string of the molecule is CC(=O)C(Cc1ccccc1)Cc1ccccc1.N[C@@H](CO)C(=O)O. The summed E-state index contributed by atoms with van der Waals surface area (Å²) in [4.78, 5) is 21.4. The molecule has 2 aromatic rings. The van der Waals surface area contributed by atoms with Crippen molar-refractivity contribution in [2.24, 2.45) is 11.7 Å². The van der Waals surface area contributed by atoms with Crippen LogP contribution in [0.3, 0.4) is 0 Å². The van der Waals surface area contributed by atoms with Crippen LogP contribution in [0.4, 0.5) is 0 Å². The largest absolute Gasteiger partial charge is 0.480 e.